The third-order valence-electron chi connectivity index (χ3n) is 6.23. The number of sulfonamides is 1. The van der Waals surface area contributed by atoms with Crippen molar-refractivity contribution < 1.29 is 18.0 Å². The number of halogens is 3. The first-order valence-electron chi connectivity index (χ1n) is 12.3. The van der Waals surface area contributed by atoms with Crippen LogP contribution in [0, 0.1) is 3.57 Å². The number of anilines is 1. The van der Waals surface area contributed by atoms with Crippen molar-refractivity contribution in [3.63, 3.8) is 0 Å². The molecule has 0 aliphatic carbocycles. The van der Waals surface area contributed by atoms with E-state index in [-0.39, 0.29) is 23.4 Å². The molecule has 0 saturated carbocycles. The molecule has 208 valence electrons. The second-order valence-electron chi connectivity index (χ2n) is 9.07. The molecule has 39 heavy (non-hydrogen) atoms. The maximum atomic E-state index is 13.9. The van der Waals surface area contributed by atoms with Gasteiger partial charge in [0.25, 0.3) is 10.0 Å². The van der Waals surface area contributed by atoms with E-state index in [1.807, 2.05) is 13.8 Å². The first-order chi connectivity index (χ1) is 18.4. The average Bonchev–Trinajstić information content (AvgIpc) is 2.92. The fraction of sp³-hybridized carbons (Fsp3) is 0.286. The van der Waals surface area contributed by atoms with E-state index in [0.29, 0.717) is 21.3 Å². The molecule has 3 aromatic rings. The van der Waals surface area contributed by atoms with Gasteiger partial charge in [-0.1, -0.05) is 54.4 Å². The third-order valence-corrected chi connectivity index (χ3v) is 9.48. The van der Waals surface area contributed by atoms with E-state index in [0.717, 1.165) is 14.3 Å². The van der Waals surface area contributed by atoms with Gasteiger partial charge in [-0.3, -0.25) is 13.9 Å². The van der Waals surface area contributed by atoms with Gasteiger partial charge in [0.1, 0.15) is 12.6 Å². The summed E-state index contributed by atoms with van der Waals surface area (Å²) in [6, 6.07) is 18.7. The lowest BCUT2D eigenvalue weighted by atomic mass is 10.1. The molecule has 11 heteroatoms. The number of hydrogen-bond acceptors (Lipinski definition) is 4. The minimum Gasteiger partial charge on any atom is -0.352 e. The molecule has 0 radical (unpaired) electrons. The second-order valence-corrected chi connectivity index (χ2v) is 13.0. The minimum absolute atomic E-state index is 0.0245. The predicted octanol–water partition coefficient (Wildman–Crippen LogP) is 6.13. The van der Waals surface area contributed by atoms with Crippen LogP contribution in [0.2, 0.25) is 10.0 Å². The van der Waals surface area contributed by atoms with Crippen LogP contribution in [0.15, 0.2) is 77.7 Å². The Kier molecular flexibility index (Phi) is 11.1. The molecule has 0 fully saturated rings. The van der Waals surface area contributed by atoms with Crippen LogP contribution in [-0.4, -0.2) is 43.8 Å². The molecule has 0 heterocycles. The van der Waals surface area contributed by atoms with Gasteiger partial charge < -0.3 is 10.2 Å². The van der Waals surface area contributed by atoms with Crippen LogP contribution in [0.5, 0.6) is 0 Å². The highest BCUT2D eigenvalue weighted by atomic mass is 127. The Bertz CT molecular complexity index is 1410. The second kappa shape index (κ2) is 13.8. The molecule has 2 amide bonds. The molecule has 1 N–H and O–H groups in total. The minimum atomic E-state index is -4.11. The highest BCUT2D eigenvalue weighted by molar-refractivity contribution is 14.1. The summed E-state index contributed by atoms with van der Waals surface area (Å²) < 4.78 is 29.5. The van der Waals surface area contributed by atoms with Gasteiger partial charge in [0.15, 0.2) is 0 Å². The Morgan fingerprint density at radius 2 is 1.59 bits per heavy atom. The molecule has 0 saturated heterocycles. The van der Waals surface area contributed by atoms with E-state index in [1.165, 1.54) is 17.0 Å². The molecular formula is C28H30Cl2IN3O4S. The summed E-state index contributed by atoms with van der Waals surface area (Å²) >= 11 is 14.4. The van der Waals surface area contributed by atoms with Crippen molar-refractivity contribution in [3.05, 3.63) is 92.0 Å². The molecule has 0 bridgehead atoms. The lowest BCUT2D eigenvalue weighted by Gasteiger charge is -2.32. The highest BCUT2D eigenvalue weighted by Gasteiger charge is 2.32. The van der Waals surface area contributed by atoms with Crippen LogP contribution in [-0.2, 0) is 26.2 Å². The van der Waals surface area contributed by atoms with E-state index in [2.05, 4.69) is 27.9 Å². The summed E-state index contributed by atoms with van der Waals surface area (Å²) in [5.74, 6) is -0.893. The summed E-state index contributed by atoms with van der Waals surface area (Å²) in [4.78, 5) is 28.4. The van der Waals surface area contributed by atoms with Gasteiger partial charge in [0.2, 0.25) is 11.8 Å². The van der Waals surface area contributed by atoms with E-state index in [9.17, 15) is 18.0 Å². The predicted molar refractivity (Wildman–Crippen MR) is 165 cm³/mol. The Labute approximate surface area is 253 Å². The van der Waals surface area contributed by atoms with E-state index in [1.54, 1.807) is 67.6 Å². The van der Waals surface area contributed by atoms with Gasteiger partial charge in [-0.05, 0) is 97.0 Å². The molecule has 3 rings (SSSR count). The van der Waals surface area contributed by atoms with Crippen LogP contribution < -0.4 is 9.62 Å². The topological polar surface area (TPSA) is 86.8 Å². The highest BCUT2D eigenvalue weighted by Crippen LogP contribution is 2.27. The number of hydrogen-bond donors (Lipinski definition) is 1. The zero-order valence-electron chi connectivity index (χ0n) is 21.8. The van der Waals surface area contributed by atoms with Gasteiger partial charge in [0.05, 0.1) is 20.6 Å². The number of amides is 2. The Hall–Kier alpha value is -2.34. The Morgan fingerprint density at radius 3 is 2.18 bits per heavy atom. The zero-order valence-corrected chi connectivity index (χ0v) is 26.3. The SMILES string of the molecule is CC[C@@H](C)NC(=O)[C@@H](C)N(Cc1ccc(Cl)c(Cl)c1)C(=O)CN(c1ccc(I)cc1)S(=O)(=O)c1ccccc1. The smallest absolute Gasteiger partial charge is 0.264 e. The van der Waals surface area contributed by atoms with Crippen molar-refractivity contribution in [2.45, 2.75) is 50.7 Å². The number of rotatable bonds is 11. The van der Waals surface area contributed by atoms with Gasteiger partial charge in [-0.15, -0.1) is 0 Å². The van der Waals surface area contributed by atoms with Crippen LogP contribution in [0.4, 0.5) is 5.69 Å². The van der Waals surface area contributed by atoms with Crippen LogP contribution in [0.1, 0.15) is 32.8 Å². The Balaban J connectivity index is 2.02. The number of carbonyl (C=O) groups excluding carboxylic acids is 2. The van der Waals surface area contributed by atoms with Crippen LogP contribution in [0.25, 0.3) is 0 Å². The number of nitrogens with one attached hydrogen (secondary N) is 1. The molecule has 7 nitrogen and oxygen atoms in total. The van der Waals surface area contributed by atoms with E-state index >= 15 is 0 Å². The lowest BCUT2D eigenvalue weighted by Crippen LogP contribution is -2.52. The summed E-state index contributed by atoms with van der Waals surface area (Å²) in [6.07, 6.45) is 0.717. The third kappa shape index (κ3) is 8.09. The van der Waals surface area contributed by atoms with Crippen molar-refractivity contribution in [1.82, 2.24) is 10.2 Å². The molecule has 0 aromatic heterocycles. The summed E-state index contributed by atoms with van der Waals surface area (Å²) in [5.41, 5.74) is 0.978. The zero-order chi connectivity index (χ0) is 28.7. The summed E-state index contributed by atoms with van der Waals surface area (Å²) in [5, 5.41) is 3.58. The van der Waals surface area contributed by atoms with Crippen LogP contribution in [0.3, 0.4) is 0 Å². The molecular weight excluding hydrogens is 672 g/mol. The number of carbonyl (C=O) groups is 2. The first kappa shape index (κ1) is 31.2. The van der Waals surface area contributed by atoms with Crippen molar-refractivity contribution >= 4 is 73.3 Å². The van der Waals surface area contributed by atoms with Gasteiger partial charge >= 0.3 is 0 Å². The van der Waals surface area contributed by atoms with Gasteiger partial charge in [0, 0.05) is 16.2 Å². The Morgan fingerprint density at radius 1 is 0.949 bits per heavy atom. The van der Waals surface area contributed by atoms with Gasteiger partial charge in [-0.2, -0.15) is 0 Å². The lowest BCUT2D eigenvalue weighted by molar-refractivity contribution is -0.139. The number of nitrogens with zero attached hydrogens (tertiary/aromatic N) is 2. The summed E-state index contributed by atoms with van der Waals surface area (Å²) in [6.45, 7) is 4.95. The standard InChI is InChI=1S/C28H30Cl2IN3O4S/c1-4-19(2)32-28(36)20(3)33(17-21-10-15-25(29)26(30)16-21)27(35)18-34(23-13-11-22(31)12-14-23)39(37,38)24-8-6-5-7-9-24/h5-16,19-20H,4,17-18H2,1-3H3,(H,32,36)/t19-,20-/m1/s1. The fourth-order valence-corrected chi connectivity index (χ4v) is 5.85. The van der Waals surface area contributed by atoms with Crippen molar-refractivity contribution in [3.8, 4) is 0 Å². The summed E-state index contributed by atoms with van der Waals surface area (Å²) in [7, 11) is -4.11. The number of benzene rings is 3. The van der Waals surface area contributed by atoms with E-state index < -0.39 is 28.5 Å². The maximum absolute atomic E-state index is 13.9. The monoisotopic (exact) mass is 701 g/mol. The van der Waals surface area contributed by atoms with Crippen molar-refractivity contribution in [2.24, 2.45) is 0 Å². The van der Waals surface area contributed by atoms with Crippen molar-refractivity contribution in [1.29, 1.82) is 0 Å². The average molecular weight is 702 g/mol. The molecule has 2 atom stereocenters. The van der Waals surface area contributed by atoms with Crippen molar-refractivity contribution in [2.75, 3.05) is 10.8 Å². The first-order valence-corrected chi connectivity index (χ1v) is 15.6. The van der Waals surface area contributed by atoms with E-state index in [4.69, 9.17) is 23.2 Å². The maximum Gasteiger partial charge on any atom is 0.264 e. The molecule has 0 aliphatic rings. The van der Waals surface area contributed by atoms with Crippen LogP contribution >= 0.6 is 45.8 Å². The van der Waals surface area contributed by atoms with Gasteiger partial charge in [-0.25, -0.2) is 8.42 Å². The fourth-order valence-electron chi connectivity index (χ4n) is 3.74. The molecule has 0 aliphatic heterocycles. The molecule has 0 spiro atoms. The largest absolute Gasteiger partial charge is 0.352 e. The quantitative estimate of drug-likeness (QED) is 0.244. The molecule has 0 unspecified atom stereocenters. The normalized spacial score (nSPS) is 12.9. The molecule has 3 aromatic carbocycles.